The normalized spacial score (nSPS) is 12.9. The summed E-state index contributed by atoms with van der Waals surface area (Å²) in [6.45, 7) is 1.10. The molecule has 0 radical (unpaired) electrons. The lowest BCUT2D eigenvalue weighted by atomic mass is 10.1. The summed E-state index contributed by atoms with van der Waals surface area (Å²) in [6, 6.07) is 9.47. The van der Waals surface area contributed by atoms with E-state index in [0.717, 1.165) is 6.42 Å². The molecule has 25 heavy (non-hydrogen) atoms. The van der Waals surface area contributed by atoms with E-state index in [2.05, 4.69) is 5.32 Å². The van der Waals surface area contributed by atoms with Crippen LogP contribution in [0.4, 0.5) is 5.69 Å². The molecule has 0 unspecified atom stereocenters. The highest BCUT2D eigenvalue weighted by molar-refractivity contribution is 6.31. The number of halogens is 1. The van der Waals surface area contributed by atoms with E-state index >= 15 is 0 Å². The molecule has 1 heterocycles. The van der Waals surface area contributed by atoms with Crippen molar-refractivity contribution in [1.29, 1.82) is 0 Å². The summed E-state index contributed by atoms with van der Waals surface area (Å²) >= 11 is 5.97. The van der Waals surface area contributed by atoms with E-state index in [9.17, 15) is 9.59 Å². The molecule has 130 valence electrons. The highest BCUT2D eigenvalue weighted by Gasteiger charge is 2.18. The highest BCUT2D eigenvalue weighted by atomic mass is 35.5. The van der Waals surface area contributed by atoms with E-state index < -0.39 is 11.9 Å². The first-order valence-corrected chi connectivity index (χ1v) is 8.05. The second-order valence-electron chi connectivity index (χ2n) is 5.35. The van der Waals surface area contributed by atoms with Crippen molar-refractivity contribution in [3.63, 3.8) is 0 Å². The van der Waals surface area contributed by atoms with Gasteiger partial charge in [0.1, 0.15) is 0 Å². The Kier molecular flexibility index (Phi) is 5.09. The molecule has 2 aromatic carbocycles. The van der Waals surface area contributed by atoms with Crippen LogP contribution < -0.4 is 14.8 Å². The van der Waals surface area contributed by atoms with Gasteiger partial charge in [-0.15, -0.1) is 0 Å². The summed E-state index contributed by atoms with van der Waals surface area (Å²) in [7, 11) is 1.27. The Balaban J connectivity index is 1.87. The Hall–Kier alpha value is -2.73. The van der Waals surface area contributed by atoms with Gasteiger partial charge in [0.05, 0.1) is 31.6 Å². The van der Waals surface area contributed by atoms with Crippen molar-refractivity contribution in [2.75, 3.05) is 25.6 Å². The summed E-state index contributed by atoms with van der Waals surface area (Å²) < 4.78 is 15.9. The molecule has 2 aromatic rings. The van der Waals surface area contributed by atoms with Gasteiger partial charge in [-0.1, -0.05) is 11.6 Å². The largest absolute Gasteiger partial charge is 0.490 e. The summed E-state index contributed by atoms with van der Waals surface area (Å²) in [6.07, 6.45) is 0.779. The van der Waals surface area contributed by atoms with Crippen LogP contribution in [0.25, 0.3) is 0 Å². The van der Waals surface area contributed by atoms with Gasteiger partial charge >= 0.3 is 5.97 Å². The smallest absolute Gasteiger partial charge is 0.339 e. The quantitative estimate of drug-likeness (QED) is 0.846. The van der Waals surface area contributed by atoms with Crippen molar-refractivity contribution in [3.05, 3.63) is 52.5 Å². The molecule has 1 N–H and O–H groups in total. The van der Waals surface area contributed by atoms with E-state index in [1.165, 1.54) is 19.2 Å². The van der Waals surface area contributed by atoms with E-state index in [0.29, 0.717) is 35.3 Å². The van der Waals surface area contributed by atoms with Crippen LogP contribution in [-0.4, -0.2) is 32.2 Å². The number of esters is 1. The number of methoxy groups -OCH3 is 1. The fourth-order valence-corrected chi connectivity index (χ4v) is 2.58. The van der Waals surface area contributed by atoms with Crippen LogP contribution in [-0.2, 0) is 4.74 Å². The summed E-state index contributed by atoms with van der Waals surface area (Å²) in [5.74, 6) is 0.158. The van der Waals surface area contributed by atoms with Crippen molar-refractivity contribution in [2.24, 2.45) is 0 Å². The first-order valence-electron chi connectivity index (χ1n) is 7.67. The van der Waals surface area contributed by atoms with Crippen molar-refractivity contribution < 1.29 is 23.8 Å². The van der Waals surface area contributed by atoms with Crippen LogP contribution in [0.1, 0.15) is 27.1 Å². The Labute approximate surface area is 149 Å². The standard InChI is InChI=1S/C18H16ClNO5/c1-23-18(22)13-5-4-12(19)10-14(13)20-17(21)11-3-6-15-16(9-11)25-8-2-7-24-15/h3-6,9-10H,2,7-8H2,1H3,(H,20,21). The summed E-state index contributed by atoms with van der Waals surface area (Å²) in [4.78, 5) is 24.4. The molecule has 0 aliphatic carbocycles. The maximum Gasteiger partial charge on any atom is 0.339 e. The second kappa shape index (κ2) is 7.44. The molecule has 6 nitrogen and oxygen atoms in total. The predicted molar refractivity (Wildman–Crippen MR) is 92.8 cm³/mol. The van der Waals surface area contributed by atoms with Crippen LogP contribution >= 0.6 is 11.6 Å². The van der Waals surface area contributed by atoms with Crippen LogP contribution in [0.3, 0.4) is 0 Å². The average Bonchev–Trinajstić information content (AvgIpc) is 2.86. The Morgan fingerprint density at radius 1 is 1.08 bits per heavy atom. The minimum Gasteiger partial charge on any atom is -0.490 e. The number of ether oxygens (including phenoxy) is 3. The third-order valence-electron chi connectivity index (χ3n) is 3.64. The van der Waals surface area contributed by atoms with Crippen molar-refractivity contribution in [3.8, 4) is 11.5 Å². The number of hydrogen-bond donors (Lipinski definition) is 1. The van der Waals surface area contributed by atoms with Crippen LogP contribution in [0.15, 0.2) is 36.4 Å². The van der Waals surface area contributed by atoms with Gasteiger partial charge < -0.3 is 19.5 Å². The average molecular weight is 362 g/mol. The van der Waals surface area contributed by atoms with Gasteiger partial charge in [-0.25, -0.2) is 4.79 Å². The minimum absolute atomic E-state index is 0.217. The van der Waals surface area contributed by atoms with Gasteiger partial charge in [0, 0.05) is 17.0 Å². The maximum atomic E-state index is 12.6. The zero-order valence-electron chi connectivity index (χ0n) is 13.5. The molecule has 1 aliphatic heterocycles. The first kappa shape index (κ1) is 17.1. The predicted octanol–water partition coefficient (Wildman–Crippen LogP) is 3.54. The number of fused-ring (bicyclic) bond motifs is 1. The number of hydrogen-bond acceptors (Lipinski definition) is 5. The number of amides is 1. The molecular weight excluding hydrogens is 346 g/mol. The van der Waals surface area contributed by atoms with Gasteiger partial charge in [-0.05, 0) is 36.4 Å². The van der Waals surface area contributed by atoms with Gasteiger partial charge in [0.15, 0.2) is 11.5 Å². The third-order valence-corrected chi connectivity index (χ3v) is 3.88. The number of benzene rings is 2. The highest BCUT2D eigenvalue weighted by Crippen LogP contribution is 2.31. The van der Waals surface area contributed by atoms with E-state index in [1.54, 1.807) is 24.3 Å². The number of anilines is 1. The molecule has 0 aromatic heterocycles. The first-order chi connectivity index (χ1) is 12.1. The topological polar surface area (TPSA) is 73.9 Å². The van der Waals surface area contributed by atoms with E-state index in [-0.39, 0.29) is 11.3 Å². The molecule has 0 bridgehead atoms. The lowest BCUT2D eigenvalue weighted by Crippen LogP contribution is -2.15. The van der Waals surface area contributed by atoms with E-state index in [4.69, 9.17) is 25.8 Å². The number of rotatable bonds is 3. The molecule has 0 fully saturated rings. The number of carbonyl (C=O) groups is 2. The lowest BCUT2D eigenvalue weighted by molar-refractivity contribution is 0.0602. The molecule has 3 rings (SSSR count). The number of carbonyl (C=O) groups excluding carboxylic acids is 2. The fourth-order valence-electron chi connectivity index (χ4n) is 2.41. The Morgan fingerprint density at radius 2 is 1.84 bits per heavy atom. The molecule has 0 spiro atoms. The fraction of sp³-hybridized carbons (Fsp3) is 0.222. The molecule has 0 saturated carbocycles. The zero-order valence-corrected chi connectivity index (χ0v) is 14.3. The summed E-state index contributed by atoms with van der Waals surface area (Å²) in [5.41, 5.74) is 0.867. The molecular formula is C18H16ClNO5. The van der Waals surface area contributed by atoms with Gasteiger partial charge in [0.25, 0.3) is 5.91 Å². The second-order valence-corrected chi connectivity index (χ2v) is 5.78. The van der Waals surface area contributed by atoms with Crippen molar-refractivity contribution >= 4 is 29.2 Å². The van der Waals surface area contributed by atoms with Gasteiger partial charge in [0.2, 0.25) is 0 Å². The summed E-state index contributed by atoms with van der Waals surface area (Å²) in [5, 5.41) is 3.08. The molecule has 7 heteroatoms. The van der Waals surface area contributed by atoms with Gasteiger partial charge in [-0.2, -0.15) is 0 Å². The van der Waals surface area contributed by atoms with Crippen molar-refractivity contribution in [1.82, 2.24) is 0 Å². The third kappa shape index (κ3) is 3.85. The van der Waals surface area contributed by atoms with Crippen LogP contribution in [0.2, 0.25) is 5.02 Å². The number of nitrogens with one attached hydrogen (secondary N) is 1. The van der Waals surface area contributed by atoms with Crippen LogP contribution in [0, 0.1) is 0 Å². The van der Waals surface area contributed by atoms with Gasteiger partial charge in [-0.3, -0.25) is 4.79 Å². The van der Waals surface area contributed by atoms with E-state index in [1.807, 2.05) is 0 Å². The minimum atomic E-state index is -0.564. The maximum absolute atomic E-state index is 12.6. The Morgan fingerprint density at radius 3 is 2.60 bits per heavy atom. The van der Waals surface area contributed by atoms with Crippen LogP contribution in [0.5, 0.6) is 11.5 Å². The molecule has 1 amide bonds. The Bertz CT molecular complexity index is 821. The molecule has 0 atom stereocenters. The zero-order chi connectivity index (χ0) is 17.8. The monoisotopic (exact) mass is 361 g/mol. The lowest BCUT2D eigenvalue weighted by Gasteiger charge is -2.12. The SMILES string of the molecule is COC(=O)c1ccc(Cl)cc1NC(=O)c1ccc2c(c1)OCCCO2. The molecule has 0 saturated heterocycles. The molecule has 1 aliphatic rings. The van der Waals surface area contributed by atoms with Crippen molar-refractivity contribution in [2.45, 2.75) is 6.42 Å².